The van der Waals surface area contributed by atoms with Crippen LogP contribution in [0.25, 0.3) is 0 Å². The first kappa shape index (κ1) is 19.9. The summed E-state index contributed by atoms with van der Waals surface area (Å²) in [6, 6.07) is 4.85. The Morgan fingerprint density at radius 3 is 2.54 bits per heavy atom. The maximum atomic E-state index is 12.2. The van der Waals surface area contributed by atoms with Crippen molar-refractivity contribution in [2.45, 2.75) is 32.3 Å². The predicted octanol–water partition coefficient (Wildman–Crippen LogP) is 3.34. The van der Waals surface area contributed by atoms with Crippen LogP contribution in [0.4, 0.5) is 8.78 Å². The van der Waals surface area contributed by atoms with Crippen LogP contribution in [0, 0.1) is 0 Å². The van der Waals surface area contributed by atoms with Gasteiger partial charge in [0.1, 0.15) is 5.75 Å². The Morgan fingerprint density at radius 2 is 1.82 bits per heavy atom. The van der Waals surface area contributed by atoms with Crippen molar-refractivity contribution in [3.8, 4) is 5.75 Å². The lowest BCUT2D eigenvalue weighted by Gasteiger charge is -2.12. The SMILES string of the molecule is O=C(COC(=O)c1csc2c1CCCC2)NC(=O)c1ccc(OC(F)F)cc1. The fraction of sp³-hybridized carbons (Fsp3) is 0.316. The number of thiophene rings is 1. The maximum Gasteiger partial charge on any atom is 0.387 e. The van der Waals surface area contributed by atoms with Gasteiger partial charge in [0.05, 0.1) is 5.56 Å². The first-order chi connectivity index (χ1) is 13.4. The second-order valence-corrected chi connectivity index (χ2v) is 7.08. The number of alkyl halides is 2. The van der Waals surface area contributed by atoms with Crippen LogP contribution in [-0.4, -0.2) is 31.0 Å². The van der Waals surface area contributed by atoms with E-state index in [2.05, 4.69) is 10.1 Å². The lowest BCUT2D eigenvalue weighted by molar-refractivity contribution is -0.123. The number of carbonyl (C=O) groups excluding carboxylic acids is 3. The zero-order valence-electron chi connectivity index (χ0n) is 14.7. The highest BCUT2D eigenvalue weighted by molar-refractivity contribution is 7.10. The molecule has 0 saturated carbocycles. The molecular formula is C19H17F2NO5S. The Hall–Kier alpha value is -2.81. The fourth-order valence-electron chi connectivity index (χ4n) is 2.90. The largest absolute Gasteiger partial charge is 0.452 e. The van der Waals surface area contributed by atoms with Crippen molar-refractivity contribution in [3.05, 3.63) is 51.2 Å². The van der Waals surface area contributed by atoms with Gasteiger partial charge in [-0.15, -0.1) is 11.3 Å². The highest BCUT2D eigenvalue weighted by atomic mass is 32.1. The molecule has 0 atom stereocenters. The van der Waals surface area contributed by atoms with Crippen molar-refractivity contribution in [2.75, 3.05) is 6.61 Å². The number of hydrogen-bond donors (Lipinski definition) is 1. The summed E-state index contributed by atoms with van der Waals surface area (Å²) in [5, 5.41) is 3.82. The molecule has 9 heteroatoms. The van der Waals surface area contributed by atoms with E-state index < -0.39 is 31.0 Å². The van der Waals surface area contributed by atoms with E-state index in [1.165, 1.54) is 40.5 Å². The van der Waals surface area contributed by atoms with Gasteiger partial charge in [0.2, 0.25) is 0 Å². The number of hydrogen-bond acceptors (Lipinski definition) is 6. The molecule has 0 radical (unpaired) electrons. The van der Waals surface area contributed by atoms with Crippen molar-refractivity contribution in [1.29, 1.82) is 0 Å². The number of aryl methyl sites for hydroxylation is 1. The Bertz CT molecular complexity index is 879. The minimum atomic E-state index is -2.97. The predicted molar refractivity (Wildman–Crippen MR) is 96.8 cm³/mol. The van der Waals surface area contributed by atoms with Gasteiger partial charge in [0.25, 0.3) is 11.8 Å². The topological polar surface area (TPSA) is 81.7 Å². The van der Waals surface area contributed by atoms with E-state index in [4.69, 9.17) is 4.74 Å². The highest BCUT2D eigenvalue weighted by Gasteiger charge is 2.22. The van der Waals surface area contributed by atoms with Gasteiger partial charge in [-0.1, -0.05) is 0 Å². The molecule has 28 heavy (non-hydrogen) atoms. The second-order valence-electron chi connectivity index (χ2n) is 6.11. The van der Waals surface area contributed by atoms with E-state index >= 15 is 0 Å². The summed E-state index contributed by atoms with van der Waals surface area (Å²) in [5.74, 6) is -2.21. The fourth-order valence-corrected chi connectivity index (χ4v) is 4.01. The van der Waals surface area contributed by atoms with Gasteiger partial charge in [0, 0.05) is 15.8 Å². The van der Waals surface area contributed by atoms with Gasteiger partial charge in [0.15, 0.2) is 6.61 Å². The summed E-state index contributed by atoms with van der Waals surface area (Å²) in [7, 11) is 0. The summed E-state index contributed by atoms with van der Waals surface area (Å²) < 4.78 is 33.4. The molecule has 1 heterocycles. The molecule has 1 aromatic heterocycles. The molecule has 148 valence electrons. The zero-order chi connectivity index (χ0) is 20.1. The molecule has 0 fully saturated rings. The molecule has 2 aromatic rings. The maximum absolute atomic E-state index is 12.2. The molecule has 0 unspecified atom stereocenters. The van der Waals surface area contributed by atoms with Gasteiger partial charge in [-0.3, -0.25) is 14.9 Å². The molecule has 1 aliphatic carbocycles. The van der Waals surface area contributed by atoms with Crippen LogP contribution in [0.15, 0.2) is 29.6 Å². The van der Waals surface area contributed by atoms with Crippen LogP contribution in [0.1, 0.15) is 44.0 Å². The summed E-state index contributed by atoms with van der Waals surface area (Å²) in [4.78, 5) is 37.3. The number of amides is 2. The lowest BCUT2D eigenvalue weighted by Crippen LogP contribution is -2.34. The number of rotatable bonds is 6. The molecule has 1 aliphatic rings. The Labute approximate surface area is 163 Å². The summed E-state index contributed by atoms with van der Waals surface area (Å²) >= 11 is 1.51. The van der Waals surface area contributed by atoms with Gasteiger partial charge in [-0.2, -0.15) is 8.78 Å². The van der Waals surface area contributed by atoms with E-state index in [1.807, 2.05) is 0 Å². The normalized spacial score (nSPS) is 13.0. The molecule has 6 nitrogen and oxygen atoms in total. The number of imide groups is 1. The van der Waals surface area contributed by atoms with Crippen LogP contribution in [-0.2, 0) is 22.4 Å². The van der Waals surface area contributed by atoms with E-state index in [9.17, 15) is 23.2 Å². The van der Waals surface area contributed by atoms with E-state index in [1.54, 1.807) is 5.38 Å². The van der Waals surface area contributed by atoms with Crippen molar-refractivity contribution in [1.82, 2.24) is 5.32 Å². The zero-order valence-corrected chi connectivity index (χ0v) is 15.5. The summed E-state index contributed by atoms with van der Waals surface area (Å²) in [5.41, 5.74) is 1.55. The minimum Gasteiger partial charge on any atom is -0.452 e. The van der Waals surface area contributed by atoms with Crippen molar-refractivity contribution >= 4 is 29.1 Å². The molecule has 0 aliphatic heterocycles. The van der Waals surface area contributed by atoms with Crippen LogP contribution >= 0.6 is 11.3 Å². The third kappa shape index (κ3) is 4.92. The summed E-state index contributed by atoms with van der Waals surface area (Å²) in [6.45, 7) is -3.56. The summed E-state index contributed by atoms with van der Waals surface area (Å²) in [6.07, 6.45) is 3.88. The smallest absolute Gasteiger partial charge is 0.387 e. The van der Waals surface area contributed by atoms with Crippen LogP contribution in [0.2, 0.25) is 0 Å². The third-order valence-corrected chi connectivity index (χ3v) is 5.30. The number of nitrogens with one attached hydrogen (secondary N) is 1. The molecule has 1 N–H and O–H groups in total. The molecule has 2 amide bonds. The first-order valence-corrected chi connectivity index (χ1v) is 9.47. The van der Waals surface area contributed by atoms with Gasteiger partial charge in [-0.25, -0.2) is 4.79 Å². The number of fused-ring (bicyclic) bond motifs is 1. The third-order valence-electron chi connectivity index (χ3n) is 4.21. The number of esters is 1. The molecular weight excluding hydrogens is 392 g/mol. The van der Waals surface area contributed by atoms with Crippen molar-refractivity contribution in [3.63, 3.8) is 0 Å². The number of ether oxygens (including phenoxy) is 2. The number of carbonyl (C=O) groups is 3. The highest BCUT2D eigenvalue weighted by Crippen LogP contribution is 2.30. The van der Waals surface area contributed by atoms with Crippen LogP contribution in [0.5, 0.6) is 5.75 Å². The average Bonchev–Trinajstić information content (AvgIpc) is 3.10. The monoisotopic (exact) mass is 409 g/mol. The molecule has 0 saturated heterocycles. The van der Waals surface area contributed by atoms with Gasteiger partial charge in [-0.05, 0) is 55.5 Å². The van der Waals surface area contributed by atoms with E-state index in [0.717, 1.165) is 31.2 Å². The average molecular weight is 409 g/mol. The van der Waals surface area contributed by atoms with Crippen LogP contribution < -0.4 is 10.1 Å². The molecule has 0 spiro atoms. The van der Waals surface area contributed by atoms with E-state index in [-0.39, 0.29) is 11.3 Å². The Balaban J connectivity index is 1.50. The van der Waals surface area contributed by atoms with Crippen molar-refractivity contribution in [2.24, 2.45) is 0 Å². The second kappa shape index (κ2) is 8.92. The molecule has 1 aromatic carbocycles. The molecule has 0 bridgehead atoms. The minimum absolute atomic E-state index is 0.0770. The van der Waals surface area contributed by atoms with Crippen LogP contribution in [0.3, 0.4) is 0 Å². The lowest BCUT2D eigenvalue weighted by atomic mass is 9.96. The van der Waals surface area contributed by atoms with E-state index in [0.29, 0.717) is 5.56 Å². The number of halogens is 2. The first-order valence-electron chi connectivity index (χ1n) is 8.59. The van der Waals surface area contributed by atoms with Gasteiger partial charge < -0.3 is 9.47 Å². The van der Waals surface area contributed by atoms with Gasteiger partial charge >= 0.3 is 12.6 Å². The standard InChI is InChI=1S/C19H17F2NO5S/c20-19(21)27-12-7-5-11(6-8-12)17(24)22-16(23)9-26-18(25)14-10-28-15-4-2-1-3-13(14)15/h5-8,10,19H,1-4,9H2,(H,22,23,24). The van der Waals surface area contributed by atoms with Crippen molar-refractivity contribution < 1.29 is 32.6 Å². The molecule has 3 rings (SSSR count). The Kier molecular flexibility index (Phi) is 6.35. The Morgan fingerprint density at radius 1 is 1.11 bits per heavy atom. The number of benzene rings is 1. The quantitative estimate of drug-likeness (QED) is 0.740.